The molecule has 3 aromatic rings. The molecule has 0 spiro atoms. The first kappa shape index (κ1) is 13.7. The van der Waals surface area contributed by atoms with Crippen molar-refractivity contribution in [3.63, 3.8) is 0 Å². The summed E-state index contributed by atoms with van der Waals surface area (Å²) in [6, 6.07) is 8.84. The van der Waals surface area contributed by atoms with E-state index in [1.54, 1.807) is 24.5 Å². The lowest BCUT2D eigenvalue weighted by Gasteiger charge is -2.06. The molecule has 0 aliphatic heterocycles. The zero-order valence-corrected chi connectivity index (χ0v) is 11.8. The molecule has 1 aromatic heterocycles. The molecule has 106 valence electrons. The number of aromatic carboxylic acids is 1. The summed E-state index contributed by atoms with van der Waals surface area (Å²) >= 11 is -1.17. The number of hydrogen-bond acceptors (Lipinski definition) is 4. The van der Waals surface area contributed by atoms with Gasteiger partial charge in [-0.05, 0) is 41.5 Å². The zero-order valence-electron chi connectivity index (χ0n) is 11.0. The summed E-state index contributed by atoms with van der Waals surface area (Å²) in [4.78, 5) is 23.9. The Bertz CT molecular complexity index is 926. The molecule has 3 rings (SSSR count). The molecule has 2 aromatic carbocycles. The predicted molar refractivity (Wildman–Crippen MR) is 79.3 cm³/mol. The fraction of sp³-hybridized carbons (Fsp3) is 0.0667. The Balaban J connectivity index is 2.37. The number of carbonyl (C=O) groups is 1. The first-order valence-electron chi connectivity index (χ1n) is 6.05. The quantitative estimate of drug-likeness (QED) is 0.579. The van der Waals surface area contributed by atoms with Crippen LogP contribution >= 0.6 is 0 Å². The molecular weight excluding hydrogens is 292 g/mol. The topological polar surface area (TPSA) is 90.6 Å². The Morgan fingerprint density at radius 1 is 1.14 bits per heavy atom. The largest absolute Gasteiger partial charge is 0.612 e. The molecule has 0 aliphatic rings. The van der Waals surface area contributed by atoms with Crippen molar-refractivity contribution in [3.05, 3.63) is 52.2 Å². The number of carboxylic acids is 1. The predicted octanol–water partition coefficient (Wildman–Crippen LogP) is 2.38. The van der Waals surface area contributed by atoms with E-state index in [0.29, 0.717) is 21.4 Å². The molecule has 21 heavy (non-hydrogen) atoms. The van der Waals surface area contributed by atoms with Gasteiger partial charge in [0.05, 0.1) is 16.3 Å². The fourth-order valence-electron chi connectivity index (χ4n) is 2.15. The number of benzene rings is 2. The molecule has 0 saturated carbocycles. The maximum atomic E-state index is 12.4. The molecule has 1 N–H and O–H groups in total. The van der Waals surface area contributed by atoms with Crippen molar-refractivity contribution < 1.29 is 18.9 Å². The van der Waals surface area contributed by atoms with Crippen LogP contribution in [0.15, 0.2) is 50.5 Å². The second kappa shape index (κ2) is 4.91. The van der Waals surface area contributed by atoms with E-state index in [-0.39, 0.29) is 16.4 Å². The molecule has 5 nitrogen and oxygen atoms in total. The third-order valence-corrected chi connectivity index (χ3v) is 4.14. The Kier molecular flexibility index (Phi) is 3.19. The second-order valence-electron chi connectivity index (χ2n) is 4.56. The van der Waals surface area contributed by atoms with Crippen molar-refractivity contribution in [2.75, 3.05) is 6.26 Å². The van der Waals surface area contributed by atoms with Crippen molar-refractivity contribution in [1.29, 1.82) is 0 Å². The van der Waals surface area contributed by atoms with Crippen LogP contribution in [0.2, 0.25) is 0 Å². The van der Waals surface area contributed by atoms with Gasteiger partial charge in [0.2, 0.25) is 5.43 Å². The van der Waals surface area contributed by atoms with Gasteiger partial charge >= 0.3 is 5.97 Å². The molecule has 1 unspecified atom stereocenters. The highest BCUT2D eigenvalue weighted by molar-refractivity contribution is 7.90. The highest BCUT2D eigenvalue weighted by Crippen LogP contribution is 2.22. The number of rotatable bonds is 2. The smallest absolute Gasteiger partial charge is 0.335 e. The molecule has 0 radical (unpaired) electrons. The average molecular weight is 302 g/mol. The van der Waals surface area contributed by atoms with Gasteiger partial charge in [-0.15, -0.1) is 0 Å². The molecule has 0 amide bonds. The van der Waals surface area contributed by atoms with Crippen LogP contribution in [0.4, 0.5) is 0 Å². The van der Waals surface area contributed by atoms with Gasteiger partial charge < -0.3 is 14.1 Å². The number of fused-ring (bicyclic) bond motifs is 2. The van der Waals surface area contributed by atoms with Gasteiger partial charge in [0.15, 0.2) is 4.90 Å². The molecule has 0 fully saturated rings. The van der Waals surface area contributed by atoms with Crippen LogP contribution in [0.25, 0.3) is 21.9 Å². The van der Waals surface area contributed by atoms with Crippen molar-refractivity contribution in [2.24, 2.45) is 0 Å². The lowest BCUT2D eigenvalue weighted by atomic mass is 10.1. The van der Waals surface area contributed by atoms with Crippen LogP contribution < -0.4 is 5.43 Å². The molecular formula is C15H10O5S. The summed E-state index contributed by atoms with van der Waals surface area (Å²) < 4.78 is 17.1. The first-order valence-corrected chi connectivity index (χ1v) is 7.60. The number of hydrogen-bond donors (Lipinski definition) is 1. The lowest BCUT2D eigenvalue weighted by molar-refractivity contribution is 0.0697. The van der Waals surface area contributed by atoms with E-state index in [4.69, 9.17) is 9.52 Å². The van der Waals surface area contributed by atoms with Gasteiger partial charge in [0, 0.05) is 6.07 Å². The van der Waals surface area contributed by atoms with Gasteiger partial charge in [-0.2, -0.15) is 0 Å². The van der Waals surface area contributed by atoms with E-state index in [1.165, 1.54) is 18.2 Å². The summed E-state index contributed by atoms with van der Waals surface area (Å²) in [6.45, 7) is 0. The van der Waals surface area contributed by atoms with Crippen LogP contribution in [0.3, 0.4) is 0 Å². The third-order valence-electron chi connectivity index (χ3n) is 3.22. The van der Waals surface area contributed by atoms with Crippen LogP contribution in [0, 0.1) is 0 Å². The summed E-state index contributed by atoms with van der Waals surface area (Å²) in [6.07, 6.45) is 1.54. The Hall–Kier alpha value is -2.31. The Morgan fingerprint density at radius 3 is 2.57 bits per heavy atom. The molecule has 6 heteroatoms. The summed E-state index contributed by atoms with van der Waals surface area (Å²) in [7, 11) is 0. The normalized spacial score (nSPS) is 12.7. The summed E-state index contributed by atoms with van der Waals surface area (Å²) in [5, 5.41) is 9.53. The van der Waals surface area contributed by atoms with Gasteiger partial charge in [-0.1, -0.05) is 0 Å². The van der Waals surface area contributed by atoms with Crippen LogP contribution in [0.1, 0.15) is 10.4 Å². The molecule has 1 heterocycles. The van der Waals surface area contributed by atoms with Crippen LogP contribution in [-0.2, 0) is 11.2 Å². The second-order valence-corrected chi connectivity index (χ2v) is 5.94. The van der Waals surface area contributed by atoms with Crippen molar-refractivity contribution in [3.8, 4) is 0 Å². The van der Waals surface area contributed by atoms with Gasteiger partial charge in [0.25, 0.3) is 0 Å². The van der Waals surface area contributed by atoms with E-state index in [9.17, 15) is 14.1 Å². The minimum absolute atomic E-state index is 0.0282. The number of carboxylic acid groups (broad SMARTS) is 1. The lowest BCUT2D eigenvalue weighted by Crippen LogP contribution is -2.05. The minimum Gasteiger partial charge on any atom is -0.612 e. The first-order chi connectivity index (χ1) is 9.97. The van der Waals surface area contributed by atoms with Gasteiger partial charge in [-0.3, -0.25) is 4.79 Å². The molecule has 0 bridgehead atoms. The summed E-state index contributed by atoms with van der Waals surface area (Å²) in [5.74, 6) is -1.10. The highest BCUT2D eigenvalue weighted by Gasteiger charge is 2.13. The monoisotopic (exact) mass is 302 g/mol. The minimum atomic E-state index is -1.17. The highest BCUT2D eigenvalue weighted by atomic mass is 32.2. The van der Waals surface area contributed by atoms with E-state index in [0.717, 1.165) is 0 Å². The van der Waals surface area contributed by atoms with E-state index in [2.05, 4.69) is 0 Å². The van der Waals surface area contributed by atoms with Crippen LogP contribution in [-0.4, -0.2) is 21.9 Å². The fourth-order valence-corrected chi connectivity index (χ4v) is 2.68. The SMILES string of the molecule is C[S+]([O-])c1ccc2c(=O)c3cc(C(=O)O)ccc3oc2c1. The van der Waals surface area contributed by atoms with E-state index >= 15 is 0 Å². The Labute approximate surface area is 122 Å². The maximum Gasteiger partial charge on any atom is 0.335 e. The van der Waals surface area contributed by atoms with Crippen molar-refractivity contribution >= 4 is 39.1 Å². The molecule has 1 atom stereocenters. The van der Waals surface area contributed by atoms with Gasteiger partial charge in [0.1, 0.15) is 17.4 Å². The third kappa shape index (κ3) is 2.28. The van der Waals surface area contributed by atoms with E-state index < -0.39 is 17.1 Å². The maximum absolute atomic E-state index is 12.4. The average Bonchev–Trinajstić information content (AvgIpc) is 2.46. The molecule has 0 saturated heterocycles. The Morgan fingerprint density at radius 2 is 1.90 bits per heavy atom. The van der Waals surface area contributed by atoms with Gasteiger partial charge in [-0.25, -0.2) is 4.79 Å². The van der Waals surface area contributed by atoms with E-state index in [1.807, 2.05) is 0 Å². The van der Waals surface area contributed by atoms with Crippen LogP contribution in [0.5, 0.6) is 0 Å². The zero-order chi connectivity index (χ0) is 15.1. The van der Waals surface area contributed by atoms with Crippen molar-refractivity contribution in [2.45, 2.75) is 4.90 Å². The standard InChI is InChI=1S/C15H10O5S/c1-21(19)9-3-4-10-13(7-9)20-12-5-2-8(15(17)18)6-11(12)14(10)16/h2-7H,1H3,(H,17,18). The molecule has 0 aliphatic carbocycles. The van der Waals surface area contributed by atoms with Crippen molar-refractivity contribution in [1.82, 2.24) is 0 Å². The summed E-state index contributed by atoms with van der Waals surface area (Å²) in [5.41, 5.74) is 0.364.